The van der Waals surface area contributed by atoms with Gasteiger partial charge in [-0.05, 0) is 46.3 Å². The van der Waals surface area contributed by atoms with Crippen molar-refractivity contribution in [2.75, 3.05) is 5.32 Å². The first-order valence-electron chi connectivity index (χ1n) is 5.63. The summed E-state index contributed by atoms with van der Waals surface area (Å²) in [4.78, 5) is 15.8. The number of benzene rings is 1. The number of carbonyl (C=O) groups is 1. The maximum atomic E-state index is 12.0. The second-order valence-electron chi connectivity index (χ2n) is 3.85. The number of nitrogens with zero attached hydrogens (tertiary/aromatic N) is 1. The molecule has 8 heteroatoms. The standard InChI is InChI=1S/C13H8BrClF2N2O2/c14-10-5-8(6-18-11(10)15)19-12(20)7-1-3-9(4-2-7)21-13(16)17/h1-6,13H,(H,19,20). The number of amides is 1. The van der Waals surface area contributed by atoms with Gasteiger partial charge in [-0.25, -0.2) is 4.98 Å². The first-order valence-corrected chi connectivity index (χ1v) is 6.80. The fourth-order valence-corrected chi connectivity index (χ4v) is 1.93. The van der Waals surface area contributed by atoms with Crippen molar-refractivity contribution in [2.24, 2.45) is 0 Å². The molecule has 21 heavy (non-hydrogen) atoms. The lowest BCUT2D eigenvalue weighted by molar-refractivity contribution is -0.0498. The largest absolute Gasteiger partial charge is 0.435 e. The van der Waals surface area contributed by atoms with E-state index in [9.17, 15) is 13.6 Å². The number of hydrogen-bond donors (Lipinski definition) is 1. The van der Waals surface area contributed by atoms with Gasteiger partial charge in [-0.3, -0.25) is 4.79 Å². The molecule has 0 unspecified atom stereocenters. The van der Waals surface area contributed by atoms with Gasteiger partial charge in [0.25, 0.3) is 5.91 Å². The van der Waals surface area contributed by atoms with Gasteiger partial charge >= 0.3 is 6.61 Å². The lowest BCUT2D eigenvalue weighted by Gasteiger charge is -2.07. The van der Waals surface area contributed by atoms with Crippen molar-refractivity contribution in [1.29, 1.82) is 0 Å². The normalized spacial score (nSPS) is 10.5. The van der Waals surface area contributed by atoms with Crippen LogP contribution in [0, 0.1) is 0 Å². The SMILES string of the molecule is O=C(Nc1cnc(Cl)c(Br)c1)c1ccc(OC(F)F)cc1. The fourth-order valence-electron chi connectivity index (χ4n) is 1.48. The maximum Gasteiger partial charge on any atom is 0.387 e. The first-order chi connectivity index (χ1) is 9.95. The highest BCUT2D eigenvalue weighted by Crippen LogP contribution is 2.23. The molecule has 1 N–H and O–H groups in total. The van der Waals surface area contributed by atoms with E-state index in [1.165, 1.54) is 30.5 Å². The minimum atomic E-state index is -2.90. The van der Waals surface area contributed by atoms with E-state index in [1.807, 2.05) is 0 Å². The Bertz CT molecular complexity index is 653. The number of pyridine rings is 1. The molecule has 0 aliphatic carbocycles. The van der Waals surface area contributed by atoms with Gasteiger partial charge in [-0.1, -0.05) is 11.6 Å². The van der Waals surface area contributed by atoms with E-state index in [2.05, 4.69) is 31.0 Å². The van der Waals surface area contributed by atoms with Crippen molar-refractivity contribution in [2.45, 2.75) is 6.61 Å². The molecular formula is C13H8BrClF2N2O2. The minimum absolute atomic E-state index is 0.0162. The third-order valence-electron chi connectivity index (χ3n) is 2.40. The molecule has 1 aromatic carbocycles. The van der Waals surface area contributed by atoms with Crippen LogP contribution in [-0.4, -0.2) is 17.5 Å². The monoisotopic (exact) mass is 376 g/mol. The summed E-state index contributed by atoms with van der Waals surface area (Å²) in [6.07, 6.45) is 1.40. The van der Waals surface area contributed by atoms with Crippen molar-refractivity contribution < 1.29 is 18.3 Å². The van der Waals surface area contributed by atoms with E-state index in [0.717, 1.165) is 0 Å². The highest BCUT2D eigenvalue weighted by molar-refractivity contribution is 9.10. The zero-order chi connectivity index (χ0) is 15.4. The molecule has 4 nitrogen and oxygen atoms in total. The molecule has 0 bridgehead atoms. The molecule has 0 saturated carbocycles. The lowest BCUT2D eigenvalue weighted by Crippen LogP contribution is -2.12. The zero-order valence-corrected chi connectivity index (χ0v) is 12.7. The van der Waals surface area contributed by atoms with Crippen molar-refractivity contribution in [1.82, 2.24) is 4.98 Å². The average molecular weight is 378 g/mol. The number of anilines is 1. The first kappa shape index (κ1) is 15.7. The summed E-state index contributed by atoms with van der Waals surface area (Å²) < 4.78 is 28.8. The van der Waals surface area contributed by atoms with Crippen LogP contribution >= 0.6 is 27.5 Å². The van der Waals surface area contributed by atoms with Crippen molar-refractivity contribution >= 4 is 39.1 Å². The van der Waals surface area contributed by atoms with E-state index in [0.29, 0.717) is 15.7 Å². The zero-order valence-electron chi connectivity index (χ0n) is 10.3. The van der Waals surface area contributed by atoms with Crippen LogP contribution in [0.2, 0.25) is 5.15 Å². The lowest BCUT2D eigenvalue weighted by atomic mass is 10.2. The van der Waals surface area contributed by atoms with Gasteiger partial charge < -0.3 is 10.1 Å². The number of ether oxygens (including phenoxy) is 1. The molecule has 110 valence electrons. The number of hydrogen-bond acceptors (Lipinski definition) is 3. The van der Waals surface area contributed by atoms with Crippen LogP contribution in [0.4, 0.5) is 14.5 Å². The number of halogens is 4. The van der Waals surface area contributed by atoms with E-state index in [4.69, 9.17) is 11.6 Å². The third kappa shape index (κ3) is 4.37. The van der Waals surface area contributed by atoms with Gasteiger partial charge in [0, 0.05) is 5.56 Å². The summed E-state index contributed by atoms with van der Waals surface area (Å²) in [5.41, 5.74) is 0.742. The molecule has 1 aromatic heterocycles. The Morgan fingerprint density at radius 3 is 2.57 bits per heavy atom. The van der Waals surface area contributed by atoms with Crippen LogP contribution in [0.1, 0.15) is 10.4 Å². The fraction of sp³-hybridized carbons (Fsp3) is 0.0769. The molecule has 0 fully saturated rings. The predicted octanol–water partition coefficient (Wildman–Crippen LogP) is 4.35. The molecule has 0 atom stereocenters. The van der Waals surface area contributed by atoms with Gasteiger partial charge in [0.05, 0.1) is 16.4 Å². The van der Waals surface area contributed by atoms with Crippen molar-refractivity contribution in [3.8, 4) is 5.75 Å². The molecule has 0 aliphatic rings. The number of aromatic nitrogens is 1. The summed E-state index contributed by atoms with van der Waals surface area (Å²) in [5.74, 6) is -0.424. The Labute approximate surface area is 132 Å². The van der Waals surface area contributed by atoms with Crippen LogP contribution in [0.25, 0.3) is 0 Å². The third-order valence-corrected chi connectivity index (χ3v) is 3.53. The molecule has 0 aliphatic heterocycles. The highest BCUT2D eigenvalue weighted by atomic mass is 79.9. The van der Waals surface area contributed by atoms with Gasteiger partial charge in [0.1, 0.15) is 10.9 Å². The van der Waals surface area contributed by atoms with Crippen LogP contribution in [-0.2, 0) is 0 Å². The van der Waals surface area contributed by atoms with Crippen LogP contribution < -0.4 is 10.1 Å². The number of carbonyl (C=O) groups excluding carboxylic acids is 1. The van der Waals surface area contributed by atoms with Crippen LogP contribution in [0.3, 0.4) is 0 Å². The van der Waals surface area contributed by atoms with E-state index < -0.39 is 12.5 Å². The second-order valence-corrected chi connectivity index (χ2v) is 5.07. The van der Waals surface area contributed by atoms with Crippen molar-refractivity contribution in [3.63, 3.8) is 0 Å². The molecular weight excluding hydrogens is 370 g/mol. The van der Waals surface area contributed by atoms with Gasteiger partial charge in [-0.15, -0.1) is 0 Å². The smallest absolute Gasteiger partial charge is 0.387 e. The van der Waals surface area contributed by atoms with Gasteiger partial charge in [0.15, 0.2) is 0 Å². The molecule has 0 saturated heterocycles. The van der Waals surface area contributed by atoms with Crippen molar-refractivity contribution in [3.05, 3.63) is 51.7 Å². The Morgan fingerprint density at radius 2 is 2.00 bits per heavy atom. The van der Waals surface area contributed by atoms with E-state index in [1.54, 1.807) is 6.07 Å². The highest BCUT2D eigenvalue weighted by Gasteiger charge is 2.09. The minimum Gasteiger partial charge on any atom is -0.435 e. The molecule has 1 heterocycles. The quantitative estimate of drug-likeness (QED) is 0.806. The Morgan fingerprint density at radius 1 is 1.33 bits per heavy atom. The number of alkyl halides is 2. The molecule has 1 amide bonds. The summed E-state index contributed by atoms with van der Waals surface area (Å²) >= 11 is 8.94. The van der Waals surface area contributed by atoms with E-state index >= 15 is 0 Å². The summed E-state index contributed by atoms with van der Waals surface area (Å²) in [5, 5.41) is 2.89. The Kier molecular flexibility index (Phi) is 5.08. The molecule has 2 aromatic rings. The summed E-state index contributed by atoms with van der Waals surface area (Å²) in [6.45, 7) is -2.90. The average Bonchev–Trinajstić information content (AvgIpc) is 2.43. The van der Waals surface area contributed by atoms with Gasteiger partial charge in [0.2, 0.25) is 0 Å². The molecule has 0 spiro atoms. The summed E-state index contributed by atoms with van der Waals surface area (Å²) in [6, 6.07) is 6.94. The maximum absolute atomic E-state index is 12.0. The van der Waals surface area contributed by atoms with E-state index in [-0.39, 0.29) is 10.9 Å². The Hall–Kier alpha value is -1.73. The summed E-state index contributed by atoms with van der Waals surface area (Å²) in [7, 11) is 0. The number of rotatable bonds is 4. The molecule has 2 rings (SSSR count). The number of nitrogens with one attached hydrogen (secondary N) is 1. The molecule has 0 radical (unpaired) electrons. The van der Waals surface area contributed by atoms with Gasteiger partial charge in [-0.2, -0.15) is 8.78 Å². The topological polar surface area (TPSA) is 51.2 Å². The Balaban J connectivity index is 2.07. The second kappa shape index (κ2) is 6.82. The van der Waals surface area contributed by atoms with Crippen LogP contribution in [0.15, 0.2) is 41.0 Å². The predicted molar refractivity (Wildman–Crippen MR) is 78.0 cm³/mol. The van der Waals surface area contributed by atoms with Crippen LogP contribution in [0.5, 0.6) is 5.75 Å².